The summed E-state index contributed by atoms with van der Waals surface area (Å²) in [6, 6.07) is 35.8. The first-order valence-electron chi connectivity index (χ1n) is 12.8. The van der Waals surface area contributed by atoms with Crippen molar-refractivity contribution >= 4 is 96.3 Å². The summed E-state index contributed by atoms with van der Waals surface area (Å²) in [5.41, 5.74) is 4.00. The number of hydrogen-bond donors (Lipinski definition) is 1. The van der Waals surface area contributed by atoms with Gasteiger partial charge in [0.15, 0.2) is 0 Å². The highest BCUT2D eigenvalue weighted by molar-refractivity contribution is 6.62. The van der Waals surface area contributed by atoms with Crippen LogP contribution in [0.1, 0.15) is 0 Å². The van der Waals surface area contributed by atoms with Crippen molar-refractivity contribution in [2.75, 3.05) is 0 Å². The number of hydrogen-bond acceptors (Lipinski definition) is 1. The van der Waals surface area contributed by atoms with E-state index in [2.05, 4.69) is 78.9 Å². The summed E-state index contributed by atoms with van der Waals surface area (Å²) in [5, 5.41) is 19.5. The average molecular weight is 486 g/mol. The molecular weight excluding hydrogens is 468 g/mol. The number of phenolic OH excluding ortho intramolecular Hbond substituents is 1. The first kappa shape index (κ1) is 23.7. The molecule has 0 saturated heterocycles. The molecule has 0 aliphatic rings. The van der Waals surface area contributed by atoms with Gasteiger partial charge in [-0.2, -0.15) is 0 Å². The Kier molecular flexibility index (Phi) is 5.39. The predicted molar refractivity (Wildman–Crippen MR) is 171 cm³/mol. The summed E-state index contributed by atoms with van der Waals surface area (Å²) in [4.78, 5) is 0. The van der Waals surface area contributed by atoms with E-state index in [1.807, 2.05) is 24.3 Å². The van der Waals surface area contributed by atoms with Crippen LogP contribution in [-0.2, 0) is 0 Å². The second-order valence-corrected chi connectivity index (χ2v) is 9.94. The van der Waals surface area contributed by atoms with Crippen LogP contribution < -0.4 is 21.9 Å². The Hall–Kier alpha value is -4.36. The SMILES string of the molecule is [B]c1c([B])c(O)c([B])c(-c2c3ccccc3c(-c3ccc4ccc5ccccc5c4c3)c3ccccc23)c1[B]. The quantitative estimate of drug-likeness (QED) is 0.217. The van der Waals surface area contributed by atoms with Gasteiger partial charge in [-0.1, -0.05) is 108 Å². The van der Waals surface area contributed by atoms with Crippen LogP contribution in [0.3, 0.4) is 0 Å². The van der Waals surface area contributed by atoms with E-state index in [-0.39, 0.29) is 27.6 Å². The molecule has 1 N–H and O–H groups in total. The maximum atomic E-state index is 10.7. The van der Waals surface area contributed by atoms with E-state index in [1.165, 1.54) is 21.5 Å². The highest BCUT2D eigenvalue weighted by atomic mass is 16.3. The molecule has 1 nitrogen and oxygen atoms in total. The Bertz CT molecular complexity index is 2050. The molecule has 0 aromatic heterocycles. The van der Waals surface area contributed by atoms with Gasteiger partial charge in [0.05, 0.1) is 0 Å². The average Bonchev–Trinajstić information content (AvgIpc) is 2.98. The minimum absolute atomic E-state index is 0.0117. The number of phenols is 1. The lowest BCUT2D eigenvalue weighted by atomic mass is 9.64. The molecule has 7 aromatic rings. The lowest BCUT2D eigenvalue weighted by Gasteiger charge is -2.24. The summed E-state index contributed by atoms with van der Waals surface area (Å²) < 4.78 is 0. The molecule has 8 radical (unpaired) electrons. The molecule has 0 unspecified atom stereocenters. The minimum atomic E-state index is -0.254. The monoisotopic (exact) mass is 486 g/mol. The molecule has 39 heavy (non-hydrogen) atoms. The second-order valence-electron chi connectivity index (χ2n) is 9.94. The Balaban J connectivity index is 1.65. The molecule has 0 atom stereocenters. The lowest BCUT2D eigenvalue weighted by molar-refractivity contribution is 0.484. The fourth-order valence-electron chi connectivity index (χ4n) is 5.95. The van der Waals surface area contributed by atoms with Gasteiger partial charge in [-0.05, 0) is 76.9 Å². The van der Waals surface area contributed by atoms with Gasteiger partial charge in [0.25, 0.3) is 0 Å². The van der Waals surface area contributed by atoms with Gasteiger partial charge >= 0.3 is 0 Å². The standard InChI is InChI=1S/C34H18B4O/c35-30-29(31(36)34(39)33(38)32(30)37)28-24-11-5-3-9-22(24)27(23-10-4-6-12-25(23)28)20-16-15-19-14-13-18-7-1-2-8-21(18)26(19)17-20/h1-17,39H. The predicted octanol–water partition coefficient (Wildman–Crippen LogP) is 4.51. The molecule has 5 heteroatoms. The summed E-state index contributed by atoms with van der Waals surface area (Å²) in [6.07, 6.45) is 0. The number of rotatable bonds is 2. The number of fused-ring (bicyclic) bond motifs is 5. The maximum absolute atomic E-state index is 10.7. The molecule has 0 spiro atoms. The third-order valence-corrected chi connectivity index (χ3v) is 7.85. The van der Waals surface area contributed by atoms with Crippen molar-refractivity contribution in [2.24, 2.45) is 0 Å². The fraction of sp³-hybridized carbons (Fsp3) is 0. The van der Waals surface area contributed by atoms with Gasteiger partial charge in [-0.25, -0.2) is 0 Å². The van der Waals surface area contributed by atoms with Crippen molar-refractivity contribution in [2.45, 2.75) is 0 Å². The van der Waals surface area contributed by atoms with Gasteiger partial charge in [0, 0.05) is 0 Å². The van der Waals surface area contributed by atoms with Crippen LogP contribution in [0.25, 0.3) is 65.3 Å². The maximum Gasteiger partial charge on any atom is 0.119 e. The minimum Gasteiger partial charge on any atom is -0.509 e. The highest BCUT2D eigenvalue weighted by Crippen LogP contribution is 2.43. The van der Waals surface area contributed by atoms with Gasteiger partial charge in [-0.15, -0.1) is 5.46 Å². The smallest absolute Gasteiger partial charge is 0.119 e. The van der Waals surface area contributed by atoms with Crippen LogP contribution >= 0.6 is 0 Å². The second kappa shape index (κ2) is 8.85. The normalized spacial score (nSPS) is 11.6. The molecule has 7 aromatic carbocycles. The third kappa shape index (κ3) is 3.46. The first-order chi connectivity index (χ1) is 19.0. The van der Waals surface area contributed by atoms with Gasteiger partial charge < -0.3 is 5.11 Å². The summed E-state index contributed by atoms with van der Waals surface area (Å²) >= 11 is 0. The summed E-state index contributed by atoms with van der Waals surface area (Å²) in [6.45, 7) is 0. The third-order valence-electron chi connectivity index (χ3n) is 7.85. The van der Waals surface area contributed by atoms with E-state index >= 15 is 0 Å². The molecule has 0 fully saturated rings. The Labute approximate surface area is 232 Å². The van der Waals surface area contributed by atoms with E-state index < -0.39 is 0 Å². The van der Waals surface area contributed by atoms with Crippen LogP contribution in [0.2, 0.25) is 0 Å². The largest absolute Gasteiger partial charge is 0.509 e. The molecule has 0 saturated carbocycles. The van der Waals surface area contributed by atoms with Crippen molar-refractivity contribution in [1.29, 1.82) is 0 Å². The zero-order valence-electron chi connectivity index (χ0n) is 21.1. The molecule has 7 rings (SSSR count). The van der Waals surface area contributed by atoms with E-state index in [0.29, 0.717) is 5.56 Å². The van der Waals surface area contributed by atoms with Crippen molar-refractivity contribution in [1.82, 2.24) is 0 Å². The van der Waals surface area contributed by atoms with E-state index in [4.69, 9.17) is 31.4 Å². The molecule has 0 bridgehead atoms. The number of benzene rings is 7. The zero-order valence-corrected chi connectivity index (χ0v) is 21.1. The van der Waals surface area contributed by atoms with Crippen LogP contribution in [0, 0.1) is 0 Å². The van der Waals surface area contributed by atoms with Gasteiger partial charge in [-0.3, -0.25) is 0 Å². The highest BCUT2D eigenvalue weighted by Gasteiger charge is 2.21. The fourth-order valence-corrected chi connectivity index (χ4v) is 5.95. The lowest BCUT2D eigenvalue weighted by Crippen LogP contribution is -2.44. The Morgan fingerprint density at radius 3 is 1.49 bits per heavy atom. The van der Waals surface area contributed by atoms with E-state index in [9.17, 15) is 5.11 Å². The first-order valence-corrected chi connectivity index (χ1v) is 12.8. The van der Waals surface area contributed by atoms with Gasteiger partial charge in [0.2, 0.25) is 0 Å². The van der Waals surface area contributed by atoms with Crippen molar-refractivity contribution in [3.63, 3.8) is 0 Å². The van der Waals surface area contributed by atoms with Crippen LogP contribution in [0.5, 0.6) is 5.75 Å². The molecule has 172 valence electrons. The summed E-state index contributed by atoms with van der Waals surface area (Å²) in [7, 11) is 25.2. The molecule has 0 heterocycles. The topological polar surface area (TPSA) is 20.2 Å². The number of aromatic hydroxyl groups is 1. The molecular formula is C34H18B4O. The van der Waals surface area contributed by atoms with Crippen molar-refractivity contribution in [3.05, 3.63) is 103 Å². The zero-order chi connectivity index (χ0) is 26.8. The Morgan fingerprint density at radius 1 is 0.385 bits per heavy atom. The van der Waals surface area contributed by atoms with E-state index in [0.717, 1.165) is 38.2 Å². The Morgan fingerprint density at radius 2 is 0.872 bits per heavy atom. The molecule has 0 aliphatic heterocycles. The molecule has 0 amide bonds. The van der Waals surface area contributed by atoms with Crippen LogP contribution in [0.4, 0.5) is 0 Å². The van der Waals surface area contributed by atoms with E-state index in [1.54, 1.807) is 0 Å². The van der Waals surface area contributed by atoms with Crippen LogP contribution in [-0.4, -0.2) is 36.5 Å². The van der Waals surface area contributed by atoms with Crippen molar-refractivity contribution in [3.8, 4) is 28.0 Å². The van der Waals surface area contributed by atoms with Gasteiger partial charge in [0.1, 0.15) is 37.1 Å². The summed E-state index contributed by atoms with van der Waals surface area (Å²) in [5.74, 6) is -0.254. The van der Waals surface area contributed by atoms with Crippen molar-refractivity contribution < 1.29 is 5.11 Å². The van der Waals surface area contributed by atoms with Crippen LogP contribution in [0.15, 0.2) is 103 Å². The molecule has 0 aliphatic carbocycles.